The summed E-state index contributed by atoms with van der Waals surface area (Å²) in [5, 5.41) is 13.4. The van der Waals surface area contributed by atoms with Crippen LogP contribution in [0.2, 0.25) is 0 Å². The topological polar surface area (TPSA) is 130 Å². The number of piperidine rings is 1. The van der Waals surface area contributed by atoms with Crippen LogP contribution in [0.15, 0.2) is 26.0 Å². The van der Waals surface area contributed by atoms with Crippen molar-refractivity contribution >= 4 is 39.7 Å². The Hall–Kier alpha value is -3.62. The second-order valence-electron chi connectivity index (χ2n) is 8.94. The Bertz CT molecular complexity index is 1340. The zero-order valence-electron chi connectivity index (χ0n) is 19.5. The molecule has 0 atom stereocenters. The van der Waals surface area contributed by atoms with Crippen LogP contribution in [0.25, 0.3) is 21.9 Å². The normalized spacial score (nSPS) is 14.6. The first kappa shape index (κ1) is 23.5. The molecule has 0 radical (unpaired) electrons. The molecule has 0 aliphatic carbocycles. The number of carboxylic acids is 1. The first-order valence-corrected chi connectivity index (χ1v) is 11.4. The molecular formula is C25H28N2O7. The van der Waals surface area contributed by atoms with Crippen molar-refractivity contribution in [2.45, 2.75) is 46.5 Å². The summed E-state index contributed by atoms with van der Waals surface area (Å²) in [6, 6.07) is 1.95. The molecule has 9 heteroatoms. The van der Waals surface area contributed by atoms with Crippen molar-refractivity contribution in [3.8, 4) is 0 Å². The molecular weight excluding hydrogens is 440 g/mol. The number of hydrogen-bond acceptors (Lipinski definition) is 6. The third kappa shape index (κ3) is 4.42. The monoisotopic (exact) mass is 468 g/mol. The number of carbonyl (C=O) groups is 3. The van der Waals surface area contributed by atoms with Gasteiger partial charge in [0.25, 0.3) is 0 Å². The van der Waals surface area contributed by atoms with Gasteiger partial charge in [-0.1, -0.05) is 0 Å². The van der Waals surface area contributed by atoms with Gasteiger partial charge in [-0.2, -0.15) is 0 Å². The molecule has 2 aromatic heterocycles. The third-order valence-corrected chi connectivity index (χ3v) is 6.77. The molecule has 1 fully saturated rings. The minimum absolute atomic E-state index is 0.0391. The van der Waals surface area contributed by atoms with Crippen molar-refractivity contribution in [2.24, 2.45) is 5.92 Å². The summed E-state index contributed by atoms with van der Waals surface area (Å²) in [4.78, 5) is 50.0. The lowest BCUT2D eigenvalue weighted by atomic mass is 9.97. The number of carboxylic acid groups (broad SMARTS) is 1. The maximum atomic E-state index is 12.7. The zero-order valence-corrected chi connectivity index (χ0v) is 19.5. The zero-order chi connectivity index (χ0) is 24.6. The fraction of sp³-hybridized carbons (Fsp3) is 0.440. The largest absolute Gasteiger partial charge is 0.481 e. The van der Waals surface area contributed by atoms with E-state index in [-0.39, 0.29) is 31.2 Å². The van der Waals surface area contributed by atoms with Crippen LogP contribution in [0.5, 0.6) is 0 Å². The lowest BCUT2D eigenvalue weighted by Crippen LogP contribution is -2.45. The van der Waals surface area contributed by atoms with Gasteiger partial charge in [-0.3, -0.25) is 14.4 Å². The van der Waals surface area contributed by atoms with Crippen LogP contribution in [-0.2, 0) is 20.8 Å². The predicted octanol–water partition coefficient (Wildman–Crippen LogP) is 2.84. The van der Waals surface area contributed by atoms with Gasteiger partial charge < -0.3 is 24.2 Å². The second kappa shape index (κ2) is 9.32. The minimum atomic E-state index is -0.839. The van der Waals surface area contributed by atoms with Crippen molar-refractivity contribution in [1.29, 1.82) is 0 Å². The lowest BCUT2D eigenvalue weighted by Gasteiger charge is -2.30. The van der Waals surface area contributed by atoms with Gasteiger partial charge in [0.15, 0.2) is 0 Å². The molecule has 2 N–H and O–H groups in total. The van der Waals surface area contributed by atoms with Crippen molar-refractivity contribution in [3.63, 3.8) is 0 Å². The maximum absolute atomic E-state index is 12.7. The van der Waals surface area contributed by atoms with E-state index >= 15 is 0 Å². The number of aryl methyl sites for hydroxylation is 3. The van der Waals surface area contributed by atoms with Crippen molar-refractivity contribution in [1.82, 2.24) is 10.2 Å². The first-order chi connectivity index (χ1) is 16.2. The molecule has 0 saturated carbocycles. The molecule has 1 saturated heterocycles. The summed E-state index contributed by atoms with van der Waals surface area (Å²) in [5.41, 5.74) is 3.64. The summed E-state index contributed by atoms with van der Waals surface area (Å²) in [5.74, 6) is -1.85. The molecule has 0 spiro atoms. The molecule has 3 heterocycles. The third-order valence-electron chi connectivity index (χ3n) is 6.77. The van der Waals surface area contributed by atoms with E-state index in [1.165, 1.54) is 0 Å². The molecule has 180 valence electrons. The van der Waals surface area contributed by atoms with Gasteiger partial charge in [0.2, 0.25) is 11.8 Å². The van der Waals surface area contributed by atoms with Crippen LogP contribution in [0.1, 0.15) is 41.5 Å². The average Bonchev–Trinajstić information content (AvgIpc) is 3.19. The van der Waals surface area contributed by atoms with E-state index < -0.39 is 17.5 Å². The van der Waals surface area contributed by atoms with Gasteiger partial charge in [0.1, 0.15) is 11.2 Å². The molecule has 0 bridgehead atoms. The second-order valence-corrected chi connectivity index (χ2v) is 8.94. The van der Waals surface area contributed by atoms with E-state index in [9.17, 15) is 19.2 Å². The minimum Gasteiger partial charge on any atom is -0.481 e. The fourth-order valence-corrected chi connectivity index (χ4v) is 4.60. The average molecular weight is 469 g/mol. The summed E-state index contributed by atoms with van der Waals surface area (Å²) in [6.45, 7) is 6.23. The van der Waals surface area contributed by atoms with E-state index in [1.54, 1.807) is 11.2 Å². The van der Waals surface area contributed by atoms with Crippen molar-refractivity contribution in [3.05, 3.63) is 45.0 Å². The SMILES string of the molecule is Cc1coc2c(C)c3oc(=O)c(CCC(=O)NCC(=O)N4CCC(C(=O)O)CC4)c(C)c3cc12. The number of likely N-dealkylation sites (tertiary alicyclic amines) is 1. The summed E-state index contributed by atoms with van der Waals surface area (Å²) in [7, 11) is 0. The van der Waals surface area contributed by atoms with Crippen molar-refractivity contribution < 1.29 is 28.3 Å². The van der Waals surface area contributed by atoms with Gasteiger partial charge in [0.05, 0.1) is 18.7 Å². The number of hydrogen-bond donors (Lipinski definition) is 2. The van der Waals surface area contributed by atoms with Crippen molar-refractivity contribution in [2.75, 3.05) is 19.6 Å². The molecule has 1 aromatic carbocycles. The lowest BCUT2D eigenvalue weighted by molar-refractivity contribution is -0.145. The Morgan fingerprint density at radius 3 is 2.47 bits per heavy atom. The number of furan rings is 1. The van der Waals surface area contributed by atoms with Crippen LogP contribution in [0, 0.1) is 26.7 Å². The molecule has 0 unspecified atom stereocenters. The Morgan fingerprint density at radius 1 is 1.09 bits per heavy atom. The van der Waals surface area contributed by atoms with Crippen LogP contribution in [0.3, 0.4) is 0 Å². The molecule has 1 aliphatic rings. The number of amides is 2. The fourth-order valence-electron chi connectivity index (χ4n) is 4.60. The van der Waals surface area contributed by atoms with Gasteiger partial charge in [0, 0.05) is 41.4 Å². The Labute approximate surface area is 195 Å². The number of benzene rings is 1. The van der Waals surface area contributed by atoms with Crippen LogP contribution in [0.4, 0.5) is 0 Å². The standard InChI is InChI=1S/C25H28N2O7/c1-13-12-33-22-15(3)23-19(10-18(13)22)14(2)17(25(32)34-23)4-5-20(28)26-11-21(29)27-8-6-16(7-9-27)24(30)31/h10,12,16H,4-9,11H2,1-3H3,(H,26,28)(H,30,31). The molecule has 1 aliphatic heterocycles. The number of nitrogens with zero attached hydrogens (tertiary/aromatic N) is 1. The maximum Gasteiger partial charge on any atom is 0.339 e. The predicted molar refractivity (Wildman–Crippen MR) is 125 cm³/mol. The molecule has 9 nitrogen and oxygen atoms in total. The highest BCUT2D eigenvalue weighted by Gasteiger charge is 2.27. The van der Waals surface area contributed by atoms with Crippen LogP contribution in [-0.4, -0.2) is 47.4 Å². The van der Waals surface area contributed by atoms with Crippen LogP contribution >= 0.6 is 0 Å². The summed E-state index contributed by atoms with van der Waals surface area (Å²) in [6.07, 6.45) is 2.73. The van der Waals surface area contributed by atoms with E-state index in [0.29, 0.717) is 42.7 Å². The molecule has 2 amide bonds. The quantitative estimate of drug-likeness (QED) is 0.532. The van der Waals surface area contributed by atoms with Gasteiger partial charge >= 0.3 is 11.6 Å². The van der Waals surface area contributed by atoms with Gasteiger partial charge in [-0.05, 0) is 57.2 Å². The number of fused-ring (bicyclic) bond motifs is 2. The van der Waals surface area contributed by atoms with E-state index in [0.717, 1.165) is 27.5 Å². The number of carbonyl (C=O) groups excluding carboxylic acids is 2. The number of nitrogens with one attached hydrogen (secondary N) is 1. The van der Waals surface area contributed by atoms with E-state index in [2.05, 4.69) is 5.32 Å². The Kier molecular flexibility index (Phi) is 6.45. The van der Waals surface area contributed by atoms with Crippen LogP contribution < -0.4 is 10.9 Å². The summed E-state index contributed by atoms with van der Waals surface area (Å²) >= 11 is 0. The van der Waals surface area contributed by atoms with Gasteiger partial charge in [-0.25, -0.2) is 4.79 Å². The van der Waals surface area contributed by atoms with E-state index in [4.69, 9.17) is 13.9 Å². The molecule has 3 aromatic rings. The smallest absolute Gasteiger partial charge is 0.339 e. The van der Waals surface area contributed by atoms with Gasteiger partial charge in [-0.15, -0.1) is 0 Å². The summed E-state index contributed by atoms with van der Waals surface area (Å²) < 4.78 is 11.2. The van der Waals surface area contributed by atoms with E-state index in [1.807, 2.05) is 26.8 Å². The highest BCUT2D eigenvalue weighted by atomic mass is 16.4. The molecule has 4 rings (SSSR count). The molecule has 34 heavy (non-hydrogen) atoms. The highest BCUT2D eigenvalue weighted by molar-refractivity contribution is 5.99. The first-order valence-electron chi connectivity index (χ1n) is 11.4. The Morgan fingerprint density at radius 2 is 1.79 bits per heavy atom. The number of aliphatic carboxylic acids is 1. The highest BCUT2D eigenvalue weighted by Crippen LogP contribution is 2.32. The Balaban J connectivity index is 1.40. The number of rotatable bonds is 6.